The maximum absolute atomic E-state index is 13.0. The molecule has 2 aromatic carbocycles. The minimum atomic E-state index is -0.195. The highest BCUT2D eigenvalue weighted by Crippen LogP contribution is 2.34. The molecule has 0 radical (unpaired) electrons. The first kappa shape index (κ1) is 16.4. The summed E-state index contributed by atoms with van der Waals surface area (Å²) in [6.07, 6.45) is 0. The number of imidazole rings is 1. The normalized spacial score (nSPS) is 17.5. The highest BCUT2D eigenvalue weighted by molar-refractivity contribution is 6.00. The molecule has 3 aliphatic heterocycles. The second-order valence-electron chi connectivity index (χ2n) is 7.52. The highest BCUT2D eigenvalue weighted by atomic mass is 16.7. The minimum Gasteiger partial charge on any atom is -0.454 e. The molecule has 0 atom stereocenters. The molecule has 3 aromatic rings. The van der Waals surface area contributed by atoms with Crippen molar-refractivity contribution in [1.29, 1.82) is 0 Å². The SMILES string of the molecule is O=C(c1ccc2c(c1)OCO2)N1CC(C(=O)N2CCn3c2nc2ccccc23)C1. The molecule has 146 valence electrons. The number of anilines is 1. The third kappa shape index (κ3) is 2.41. The standard InChI is InChI=1S/C21H18N4O4/c26-19(13-5-6-17-18(9-13)29-12-28-17)23-10-14(11-23)20(27)25-8-7-24-16-4-2-1-3-15(16)22-21(24)25/h1-6,9,14H,7-8,10-12H2. The van der Waals surface area contributed by atoms with Crippen LogP contribution in [-0.2, 0) is 11.3 Å². The first-order valence-electron chi connectivity index (χ1n) is 9.64. The van der Waals surface area contributed by atoms with Crippen LogP contribution in [0.4, 0.5) is 5.95 Å². The lowest BCUT2D eigenvalue weighted by molar-refractivity contribution is -0.126. The summed E-state index contributed by atoms with van der Waals surface area (Å²) in [5.41, 5.74) is 2.49. The van der Waals surface area contributed by atoms with Gasteiger partial charge in [0.1, 0.15) is 0 Å². The van der Waals surface area contributed by atoms with Gasteiger partial charge in [0.25, 0.3) is 5.91 Å². The van der Waals surface area contributed by atoms with Gasteiger partial charge in [0, 0.05) is 31.7 Å². The molecule has 6 rings (SSSR count). The summed E-state index contributed by atoms with van der Waals surface area (Å²) in [6, 6.07) is 13.1. The number of rotatable bonds is 2. The monoisotopic (exact) mass is 390 g/mol. The number of carbonyl (C=O) groups excluding carboxylic acids is 2. The van der Waals surface area contributed by atoms with Crippen LogP contribution in [0.3, 0.4) is 0 Å². The molecule has 0 saturated carbocycles. The number of carbonyl (C=O) groups is 2. The third-order valence-electron chi connectivity index (χ3n) is 5.83. The molecule has 29 heavy (non-hydrogen) atoms. The van der Waals surface area contributed by atoms with Crippen LogP contribution >= 0.6 is 0 Å². The molecule has 3 aliphatic rings. The van der Waals surface area contributed by atoms with Crippen LogP contribution < -0.4 is 14.4 Å². The van der Waals surface area contributed by atoms with Crippen molar-refractivity contribution in [3.8, 4) is 11.5 Å². The summed E-state index contributed by atoms with van der Waals surface area (Å²) in [4.78, 5) is 33.8. The lowest BCUT2D eigenvalue weighted by Crippen LogP contribution is -2.56. The summed E-state index contributed by atoms with van der Waals surface area (Å²) < 4.78 is 12.7. The van der Waals surface area contributed by atoms with E-state index in [2.05, 4.69) is 9.55 Å². The molecule has 8 nitrogen and oxygen atoms in total. The van der Waals surface area contributed by atoms with Crippen LogP contribution in [0.1, 0.15) is 10.4 Å². The van der Waals surface area contributed by atoms with Crippen LogP contribution in [0, 0.1) is 5.92 Å². The van der Waals surface area contributed by atoms with Crippen LogP contribution in [0.5, 0.6) is 11.5 Å². The van der Waals surface area contributed by atoms with Gasteiger partial charge in [-0.3, -0.25) is 14.5 Å². The topological polar surface area (TPSA) is 76.9 Å². The van der Waals surface area contributed by atoms with Gasteiger partial charge in [0.2, 0.25) is 18.6 Å². The quantitative estimate of drug-likeness (QED) is 0.668. The van der Waals surface area contributed by atoms with E-state index in [-0.39, 0.29) is 24.5 Å². The number of nitrogens with zero attached hydrogens (tertiary/aromatic N) is 4. The molecule has 2 amide bonds. The summed E-state index contributed by atoms with van der Waals surface area (Å²) in [7, 11) is 0. The number of hydrogen-bond donors (Lipinski definition) is 0. The zero-order valence-corrected chi connectivity index (χ0v) is 15.6. The Hall–Kier alpha value is -3.55. The van der Waals surface area contributed by atoms with Gasteiger partial charge in [-0.25, -0.2) is 4.98 Å². The first-order chi connectivity index (χ1) is 14.2. The van der Waals surface area contributed by atoms with Crippen molar-refractivity contribution in [1.82, 2.24) is 14.5 Å². The Morgan fingerprint density at radius 2 is 1.83 bits per heavy atom. The van der Waals surface area contributed by atoms with Gasteiger partial charge in [-0.15, -0.1) is 0 Å². The number of hydrogen-bond acceptors (Lipinski definition) is 5. The fourth-order valence-corrected chi connectivity index (χ4v) is 4.23. The maximum atomic E-state index is 13.0. The maximum Gasteiger partial charge on any atom is 0.254 e. The lowest BCUT2D eigenvalue weighted by Gasteiger charge is -2.39. The Balaban J connectivity index is 1.16. The molecule has 0 unspecified atom stereocenters. The van der Waals surface area contributed by atoms with Crippen molar-refractivity contribution in [2.75, 3.05) is 31.3 Å². The molecule has 1 saturated heterocycles. The van der Waals surface area contributed by atoms with Crippen molar-refractivity contribution < 1.29 is 19.1 Å². The van der Waals surface area contributed by atoms with Crippen LogP contribution in [0.25, 0.3) is 11.0 Å². The van der Waals surface area contributed by atoms with Gasteiger partial charge in [-0.05, 0) is 30.3 Å². The van der Waals surface area contributed by atoms with E-state index in [9.17, 15) is 9.59 Å². The molecule has 1 aromatic heterocycles. The summed E-state index contributed by atoms with van der Waals surface area (Å²) in [6.45, 7) is 2.38. The van der Waals surface area contributed by atoms with Gasteiger partial charge < -0.3 is 18.9 Å². The number of para-hydroxylation sites is 2. The predicted molar refractivity (Wildman–Crippen MR) is 104 cm³/mol. The molecular formula is C21H18N4O4. The number of amides is 2. The van der Waals surface area contributed by atoms with Gasteiger partial charge in [-0.1, -0.05) is 12.1 Å². The van der Waals surface area contributed by atoms with Crippen LogP contribution in [-0.4, -0.2) is 52.7 Å². The molecule has 8 heteroatoms. The van der Waals surface area contributed by atoms with E-state index in [1.54, 1.807) is 28.0 Å². The average molecular weight is 390 g/mol. The zero-order valence-electron chi connectivity index (χ0n) is 15.6. The van der Waals surface area contributed by atoms with Gasteiger partial charge in [-0.2, -0.15) is 0 Å². The Bertz CT molecular complexity index is 1160. The molecule has 0 bridgehead atoms. The zero-order chi connectivity index (χ0) is 19.5. The molecule has 1 fully saturated rings. The fraction of sp³-hybridized carbons (Fsp3) is 0.286. The molecule has 0 N–H and O–H groups in total. The lowest BCUT2D eigenvalue weighted by atomic mass is 9.97. The van der Waals surface area contributed by atoms with E-state index < -0.39 is 0 Å². The van der Waals surface area contributed by atoms with E-state index in [1.165, 1.54) is 0 Å². The van der Waals surface area contributed by atoms with Crippen LogP contribution in [0.15, 0.2) is 42.5 Å². The smallest absolute Gasteiger partial charge is 0.254 e. The largest absolute Gasteiger partial charge is 0.454 e. The van der Waals surface area contributed by atoms with E-state index >= 15 is 0 Å². The summed E-state index contributed by atoms with van der Waals surface area (Å²) >= 11 is 0. The molecule has 0 spiro atoms. The van der Waals surface area contributed by atoms with Crippen molar-refractivity contribution in [3.63, 3.8) is 0 Å². The second-order valence-corrected chi connectivity index (χ2v) is 7.52. The number of aromatic nitrogens is 2. The Morgan fingerprint density at radius 1 is 1.00 bits per heavy atom. The number of fused-ring (bicyclic) bond motifs is 4. The Morgan fingerprint density at radius 3 is 2.72 bits per heavy atom. The summed E-state index contributed by atoms with van der Waals surface area (Å²) in [5.74, 6) is 1.68. The third-order valence-corrected chi connectivity index (χ3v) is 5.83. The van der Waals surface area contributed by atoms with E-state index in [0.29, 0.717) is 42.6 Å². The first-order valence-corrected chi connectivity index (χ1v) is 9.64. The van der Waals surface area contributed by atoms with Crippen molar-refractivity contribution in [2.45, 2.75) is 6.54 Å². The Labute approximate surface area is 166 Å². The van der Waals surface area contributed by atoms with E-state index in [4.69, 9.17) is 9.47 Å². The van der Waals surface area contributed by atoms with Crippen LogP contribution in [0.2, 0.25) is 0 Å². The van der Waals surface area contributed by atoms with Gasteiger partial charge in [0.05, 0.1) is 17.0 Å². The summed E-state index contributed by atoms with van der Waals surface area (Å²) in [5, 5.41) is 0. The molecule has 0 aliphatic carbocycles. The minimum absolute atomic E-state index is 0.0359. The highest BCUT2D eigenvalue weighted by Gasteiger charge is 2.41. The van der Waals surface area contributed by atoms with Crippen molar-refractivity contribution >= 4 is 28.8 Å². The van der Waals surface area contributed by atoms with Gasteiger partial charge in [0.15, 0.2) is 11.5 Å². The average Bonchev–Trinajstić information content (AvgIpc) is 3.40. The number of likely N-dealkylation sites (tertiary alicyclic amines) is 1. The van der Waals surface area contributed by atoms with Crippen molar-refractivity contribution in [3.05, 3.63) is 48.0 Å². The fourth-order valence-electron chi connectivity index (χ4n) is 4.23. The predicted octanol–water partition coefficient (Wildman–Crippen LogP) is 1.88. The Kier molecular flexibility index (Phi) is 3.38. The molecular weight excluding hydrogens is 372 g/mol. The number of ether oxygens (including phenoxy) is 2. The second kappa shape index (κ2) is 5.97. The molecule has 4 heterocycles. The van der Waals surface area contributed by atoms with Crippen molar-refractivity contribution in [2.24, 2.45) is 5.92 Å². The number of benzene rings is 2. The van der Waals surface area contributed by atoms with Gasteiger partial charge >= 0.3 is 0 Å². The van der Waals surface area contributed by atoms with E-state index in [1.807, 2.05) is 24.3 Å². The van der Waals surface area contributed by atoms with E-state index in [0.717, 1.165) is 17.6 Å².